The Morgan fingerprint density at radius 3 is 2.77 bits per heavy atom. The monoisotopic (exact) mass is 351 g/mol. The molecule has 26 heavy (non-hydrogen) atoms. The maximum atomic E-state index is 12.5. The summed E-state index contributed by atoms with van der Waals surface area (Å²) in [5.41, 5.74) is 1.58. The lowest BCUT2D eigenvalue weighted by molar-refractivity contribution is 0.0602. The second kappa shape index (κ2) is 7.98. The van der Waals surface area contributed by atoms with Crippen LogP contribution in [0, 0.1) is 0 Å². The first kappa shape index (κ1) is 17.2. The summed E-state index contributed by atoms with van der Waals surface area (Å²) in [6, 6.07) is 13.7. The van der Waals surface area contributed by atoms with Crippen LogP contribution in [-0.2, 0) is 11.3 Å². The van der Waals surface area contributed by atoms with E-state index < -0.39 is 11.9 Å². The number of carbonyl (C=O) groups excluding carboxylic acids is 2. The summed E-state index contributed by atoms with van der Waals surface area (Å²) in [6.07, 6.45) is 3.13. The van der Waals surface area contributed by atoms with Crippen molar-refractivity contribution in [3.63, 3.8) is 0 Å². The largest absolute Gasteiger partial charge is 0.467 e. The molecule has 0 fully saturated rings. The van der Waals surface area contributed by atoms with E-state index in [0.29, 0.717) is 12.2 Å². The number of ether oxygens (including phenoxy) is 1. The fourth-order valence-electron chi connectivity index (χ4n) is 2.33. The number of aromatic nitrogens is 1. The van der Waals surface area contributed by atoms with E-state index in [0.717, 1.165) is 11.4 Å². The third-order valence-electron chi connectivity index (χ3n) is 3.62. The standard InChI is InChI=1S/C19H17N3O4/c1-25-19(24)15-6-2-3-7-16(15)22-18(23)17-11-13(8-9-20-17)21-12-14-5-4-10-26-14/h2-11H,12H2,1H3,(H,20,21)(H,22,23). The number of nitrogens with one attached hydrogen (secondary N) is 2. The summed E-state index contributed by atoms with van der Waals surface area (Å²) in [5, 5.41) is 5.85. The Labute approximate surface area is 150 Å². The molecule has 0 bridgehead atoms. The van der Waals surface area contributed by atoms with Crippen molar-refractivity contribution in [3.8, 4) is 0 Å². The third-order valence-corrected chi connectivity index (χ3v) is 3.62. The number of carbonyl (C=O) groups is 2. The molecule has 1 aromatic carbocycles. The van der Waals surface area contributed by atoms with Crippen LogP contribution in [0.5, 0.6) is 0 Å². The van der Waals surface area contributed by atoms with Gasteiger partial charge in [-0.05, 0) is 36.4 Å². The van der Waals surface area contributed by atoms with Gasteiger partial charge in [0.15, 0.2) is 0 Å². The van der Waals surface area contributed by atoms with Crippen molar-refractivity contribution < 1.29 is 18.7 Å². The molecular formula is C19H17N3O4. The van der Waals surface area contributed by atoms with Gasteiger partial charge >= 0.3 is 5.97 Å². The summed E-state index contributed by atoms with van der Waals surface area (Å²) < 4.78 is 9.98. The number of pyridine rings is 1. The molecular weight excluding hydrogens is 334 g/mol. The lowest BCUT2D eigenvalue weighted by Gasteiger charge is -2.10. The predicted molar refractivity (Wildman–Crippen MR) is 96.0 cm³/mol. The number of nitrogens with zero attached hydrogens (tertiary/aromatic N) is 1. The van der Waals surface area contributed by atoms with Crippen LogP contribution in [0.15, 0.2) is 65.4 Å². The van der Waals surface area contributed by atoms with Gasteiger partial charge in [0.05, 0.1) is 31.2 Å². The van der Waals surface area contributed by atoms with E-state index in [-0.39, 0.29) is 11.3 Å². The van der Waals surface area contributed by atoms with E-state index in [9.17, 15) is 9.59 Å². The van der Waals surface area contributed by atoms with Crippen LogP contribution in [0.25, 0.3) is 0 Å². The Morgan fingerprint density at radius 1 is 1.15 bits per heavy atom. The van der Waals surface area contributed by atoms with Gasteiger partial charge in [-0.3, -0.25) is 9.78 Å². The summed E-state index contributed by atoms with van der Waals surface area (Å²) in [5.74, 6) is -0.175. The number of furan rings is 1. The molecule has 1 amide bonds. The lowest BCUT2D eigenvalue weighted by atomic mass is 10.1. The molecule has 132 valence electrons. The number of amides is 1. The fourth-order valence-corrected chi connectivity index (χ4v) is 2.33. The molecule has 3 aromatic rings. The maximum Gasteiger partial charge on any atom is 0.339 e. The Hall–Kier alpha value is -3.61. The number of hydrogen-bond donors (Lipinski definition) is 2. The van der Waals surface area contributed by atoms with Crippen LogP contribution in [0.2, 0.25) is 0 Å². The number of esters is 1. The zero-order valence-corrected chi connectivity index (χ0v) is 14.1. The molecule has 2 heterocycles. The SMILES string of the molecule is COC(=O)c1ccccc1NC(=O)c1cc(NCc2ccco2)ccn1. The topological polar surface area (TPSA) is 93.5 Å². The predicted octanol–water partition coefficient (Wildman–Crippen LogP) is 3.33. The van der Waals surface area contributed by atoms with Crippen molar-refractivity contribution in [2.24, 2.45) is 0 Å². The molecule has 2 aromatic heterocycles. The molecule has 3 rings (SSSR count). The van der Waals surface area contributed by atoms with Crippen molar-refractivity contribution in [2.45, 2.75) is 6.54 Å². The normalized spacial score (nSPS) is 10.2. The number of para-hydroxylation sites is 1. The minimum Gasteiger partial charge on any atom is -0.467 e. The highest BCUT2D eigenvalue weighted by Gasteiger charge is 2.15. The molecule has 2 N–H and O–H groups in total. The molecule has 7 heteroatoms. The van der Waals surface area contributed by atoms with Crippen LogP contribution in [-0.4, -0.2) is 24.0 Å². The Bertz CT molecular complexity index is 907. The molecule has 0 unspecified atom stereocenters. The number of hydrogen-bond acceptors (Lipinski definition) is 6. The van der Waals surface area contributed by atoms with Gasteiger partial charge in [-0.1, -0.05) is 12.1 Å². The van der Waals surface area contributed by atoms with Gasteiger partial charge in [-0.2, -0.15) is 0 Å². The van der Waals surface area contributed by atoms with Crippen LogP contribution in [0.1, 0.15) is 26.6 Å². The Kier molecular flexibility index (Phi) is 5.28. The number of anilines is 2. The van der Waals surface area contributed by atoms with Gasteiger partial charge < -0.3 is 19.8 Å². The van der Waals surface area contributed by atoms with Gasteiger partial charge in [0.2, 0.25) is 0 Å². The van der Waals surface area contributed by atoms with Crippen molar-refractivity contribution >= 4 is 23.3 Å². The van der Waals surface area contributed by atoms with Gasteiger partial charge in [-0.15, -0.1) is 0 Å². The zero-order chi connectivity index (χ0) is 18.4. The van der Waals surface area contributed by atoms with Crippen molar-refractivity contribution in [3.05, 3.63) is 78.0 Å². The van der Waals surface area contributed by atoms with E-state index >= 15 is 0 Å². The first-order chi connectivity index (χ1) is 12.7. The summed E-state index contributed by atoms with van der Waals surface area (Å²) in [7, 11) is 1.29. The molecule has 7 nitrogen and oxygen atoms in total. The van der Waals surface area contributed by atoms with Crippen LogP contribution >= 0.6 is 0 Å². The summed E-state index contributed by atoms with van der Waals surface area (Å²) in [4.78, 5) is 28.4. The third kappa shape index (κ3) is 4.07. The average Bonchev–Trinajstić information content (AvgIpc) is 3.20. The first-order valence-electron chi connectivity index (χ1n) is 7.88. The molecule has 0 spiro atoms. The van der Waals surface area contributed by atoms with Gasteiger partial charge in [0.1, 0.15) is 11.5 Å². The minimum atomic E-state index is -0.525. The second-order valence-electron chi connectivity index (χ2n) is 5.35. The van der Waals surface area contributed by atoms with Crippen LogP contribution in [0.3, 0.4) is 0 Å². The number of rotatable bonds is 6. The zero-order valence-electron chi connectivity index (χ0n) is 14.1. The summed E-state index contributed by atoms with van der Waals surface area (Å²) in [6.45, 7) is 0.489. The van der Waals surface area contributed by atoms with E-state index in [2.05, 4.69) is 15.6 Å². The highest BCUT2D eigenvalue weighted by Crippen LogP contribution is 2.18. The van der Waals surface area contributed by atoms with Gasteiger partial charge in [0.25, 0.3) is 5.91 Å². The van der Waals surface area contributed by atoms with Gasteiger partial charge in [0, 0.05) is 11.9 Å². The van der Waals surface area contributed by atoms with E-state index in [1.165, 1.54) is 13.3 Å². The molecule has 0 aliphatic heterocycles. The fraction of sp³-hybridized carbons (Fsp3) is 0.105. The molecule has 0 atom stereocenters. The van der Waals surface area contributed by atoms with Gasteiger partial charge in [-0.25, -0.2) is 4.79 Å². The van der Waals surface area contributed by atoms with Crippen molar-refractivity contribution in [1.29, 1.82) is 0 Å². The van der Waals surface area contributed by atoms with Crippen LogP contribution in [0.4, 0.5) is 11.4 Å². The smallest absolute Gasteiger partial charge is 0.339 e. The molecule has 0 saturated heterocycles. The Morgan fingerprint density at radius 2 is 2.00 bits per heavy atom. The quantitative estimate of drug-likeness (QED) is 0.662. The minimum absolute atomic E-state index is 0.217. The summed E-state index contributed by atoms with van der Waals surface area (Å²) >= 11 is 0. The molecule has 0 aliphatic carbocycles. The maximum absolute atomic E-state index is 12.5. The van der Waals surface area contributed by atoms with Crippen molar-refractivity contribution in [1.82, 2.24) is 4.98 Å². The first-order valence-corrected chi connectivity index (χ1v) is 7.88. The van der Waals surface area contributed by atoms with Crippen molar-refractivity contribution in [2.75, 3.05) is 17.7 Å². The molecule has 0 aliphatic rings. The van der Waals surface area contributed by atoms with E-state index in [1.54, 1.807) is 48.7 Å². The van der Waals surface area contributed by atoms with E-state index in [4.69, 9.17) is 9.15 Å². The number of benzene rings is 1. The highest BCUT2D eigenvalue weighted by atomic mass is 16.5. The Balaban J connectivity index is 1.72. The average molecular weight is 351 g/mol. The highest BCUT2D eigenvalue weighted by molar-refractivity contribution is 6.07. The number of methoxy groups -OCH3 is 1. The van der Waals surface area contributed by atoms with Crippen LogP contribution < -0.4 is 10.6 Å². The molecule has 0 radical (unpaired) electrons. The second-order valence-corrected chi connectivity index (χ2v) is 5.35. The van der Waals surface area contributed by atoms with E-state index in [1.807, 2.05) is 6.07 Å². The lowest BCUT2D eigenvalue weighted by Crippen LogP contribution is -2.16. The molecule has 0 saturated carbocycles.